The topological polar surface area (TPSA) is 97.0 Å². The maximum Gasteiger partial charge on any atom is 0.362 e. The number of nitrogens with zero attached hydrogens (tertiary/aromatic N) is 4. The number of hydrogen-bond donors (Lipinski definition) is 1. The van der Waals surface area contributed by atoms with Crippen molar-refractivity contribution in [2.24, 2.45) is 17.0 Å². The fraction of sp³-hybridized carbons (Fsp3) is 0.667. The van der Waals surface area contributed by atoms with Crippen molar-refractivity contribution < 1.29 is 14.7 Å². The summed E-state index contributed by atoms with van der Waals surface area (Å²) in [5.41, 5.74) is 0.413. The molecule has 204 valence electrons. The average molecular weight is 521 g/mol. The van der Waals surface area contributed by atoms with E-state index in [9.17, 15) is 14.8 Å². The Labute approximate surface area is 224 Å². The molecule has 1 aromatic carbocycles. The molecular weight excluding hydrogens is 480 g/mol. The molecule has 8 nitrogen and oxygen atoms in total. The minimum atomic E-state index is -0.841. The first-order chi connectivity index (χ1) is 18.6. The highest BCUT2D eigenvalue weighted by atomic mass is 16.5. The third kappa shape index (κ3) is 4.65. The molecule has 4 aliphatic rings. The predicted molar refractivity (Wildman–Crippen MR) is 146 cm³/mol. The zero-order chi connectivity index (χ0) is 26.2. The minimum absolute atomic E-state index is 0.00806. The molecule has 8 heteroatoms. The molecule has 2 saturated heterocycles. The first kappa shape index (κ1) is 25.5. The van der Waals surface area contributed by atoms with E-state index in [4.69, 9.17) is 4.74 Å². The second kappa shape index (κ2) is 10.8. The van der Waals surface area contributed by atoms with E-state index in [0.29, 0.717) is 23.6 Å². The summed E-state index contributed by atoms with van der Waals surface area (Å²) in [4.78, 5) is 33.8. The standard InChI is InChI=1S/C30H40N4O4/c1-2-38-30(36)28(32-37)27-29(35)34(26-13-6-5-12-25(26)31-27)24-17-21-10-7-11-22(18-24)33(21)23-15-19-8-3-4-9-20(14-19)16-23/h5-6,12-13,19-24,37H,2-4,7-11,14-18H2,1H3/t19?,20?,21-,22?,23?,24?/m1/s1. The molecular formula is C30H40N4O4. The monoisotopic (exact) mass is 520 g/mol. The molecule has 0 amide bonds. The second-order valence-electron chi connectivity index (χ2n) is 12.0. The van der Waals surface area contributed by atoms with E-state index >= 15 is 0 Å². The van der Waals surface area contributed by atoms with Crippen molar-refractivity contribution in [2.75, 3.05) is 6.61 Å². The lowest BCUT2D eigenvalue weighted by molar-refractivity contribution is -0.135. The molecule has 6 rings (SSSR count). The van der Waals surface area contributed by atoms with E-state index in [2.05, 4.69) is 15.0 Å². The summed E-state index contributed by atoms with van der Waals surface area (Å²) in [5, 5.41) is 12.8. The van der Waals surface area contributed by atoms with Crippen LogP contribution in [0.2, 0.25) is 0 Å². The molecule has 0 radical (unpaired) electrons. The van der Waals surface area contributed by atoms with Crippen molar-refractivity contribution in [1.82, 2.24) is 14.5 Å². The van der Waals surface area contributed by atoms with Gasteiger partial charge in [0.2, 0.25) is 5.71 Å². The molecule has 38 heavy (non-hydrogen) atoms. The molecule has 4 bridgehead atoms. The van der Waals surface area contributed by atoms with Gasteiger partial charge >= 0.3 is 5.97 Å². The molecule has 1 N–H and O–H groups in total. The number of carbonyl (C=O) groups excluding carboxylic acids is 1. The summed E-state index contributed by atoms with van der Waals surface area (Å²) < 4.78 is 6.90. The van der Waals surface area contributed by atoms with Crippen LogP contribution in [0.3, 0.4) is 0 Å². The summed E-state index contributed by atoms with van der Waals surface area (Å²) in [6.45, 7) is 1.79. The summed E-state index contributed by atoms with van der Waals surface area (Å²) in [5.74, 6) is 0.924. The van der Waals surface area contributed by atoms with Crippen molar-refractivity contribution >= 4 is 22.7 Å². The maximum absolute atomic E-state index is 14.0. The third-order valence-electron chi connectivity index (χ3n) is 9.73. The van der Waals surface area contributed by atoms with Gasteiger partial charge in [-0.05, 0) is 75.8 Å². The molecule has 1 aromatic heterocycles. The first-order valence-electron chi connectivity index (χ1n) is 14.8. The van der Waals surface area contributed by atoms with Gasteiger partial charge in [0.25, 0.3) is 5.56 Å². The summed E-state index contributed by atoms with van der Waals surface area (Å²) in [7, 11) is 0. The highest BCUT2D eigenvalue weighted by Gasteiger charge is 2.45. The van der Waals surface area contributed by atoms with E-state index in [0.717, 1.165) is 30.2 Å². The van der Waals surface area contributed by atoms with Crippen molar-refractivity contribution in [3.05, 3.63) is 40.3 Å². The smallest absolute Gasteiger partial charge is 0.362 e. The Kier molecular flexibility index (Phi) is 7.25. The van der Waals surface area contributed by atoms with Crippen LogP contribution in [0.4, 0.5) is 0 Å². The second-order valence-corrected chi connectivity index (χ2v) is 12.0. The van der Waals surface area contributed by atoms with Crippen LogP contribution in [0.1, 0.15) is 95.7 Å². The maximum atomic E-state index is 14.0. The van der Waals surface area contributed by atoms with Crippen LogP contribution in [0.5, 0.6) is 0 Å². The van der Waals surface area contributed by atoms with Gasteiger partial charge in [-0.15, -0.1) is 0 Å². The van der Waals surface area contributed by atoms with Gasteiger partial charge in [-0.3, -0.25) is 9.69 Å². The average Bonchev–Trinajstić information content (AvgIpc) is 3.08. The normalized spacial score (nSPS) is 32.1. The molecule has 4 unspecified atom stereocenters. The van der Waals surface area contributed by atoms with E-state index in [1.54, 1.807) is 6.92 Å². The molecule has 2 aromatic rings. The van der Waals surface area contributed by atoms with Crippen molar-refractivity contribution in [1.29, 1.82) is 0 Å². The van der Waals surface area contributed by atoms with Crippen molar-refractivity contribution in [3.63, 3.8) is 0 Å². The van der Waals surface area contributed by atoms with Crippen molar-refractivity contribution in [3.8, 4) is 0 Å². The molecule has 5 atom stereocenters. The Morgan fingerprint density at radius 1 is 0.947 bits per heavy atom. The number of benzene rings is 1. The quantitative estimate of drug-likeness (QED) is 0.256. The number of fused-ring (bicyclic) bond motifs is 5. The number of ether oxygens (including phenoxy) is 1. The zero-order valence-corrected chi connectivity index (χ0v) is 22.4. The van der Waals surface area contributed by atoms with Gasteiger partial charge in [0.15, 0.2) is 5.69 Å². The zero-order valence-electron chi connectivity index (χ0n) is 22.4. The fourth-order valence-corrected chi connectivity index (χ4v) is 8.36. The Balaban J connectivity index is 1.35. The lowest BCUT2D eigenvalue weighted by Gasteiger charge is -2.54. The van der Waals surface area contributed by atoms with Gasteiger partial charge in [-0.2, -0.15) is 0 Å². The minimum Gasteiger partial charge on any atom is -0.461 e. The van der Waals surface area contributed by atoms with Gasteiger partial charge < -0.3 is 14.5 Å². The molecule has 2 aliphatic heterocycles. The van der Waals surface area contributed by atoms with E-state index < -0.39 is 11.7 Å². The summed E-state index contributed by atoms with van der Waals surface area (Å²) >= 11 is 0. The van der Waals surface area contributed by atoms with E-state index in [-0.39, 0.29) is 23.9 Å². The van der Waals surface area contributed by atoms with Crippen molar-refractivity contribution in [2.45, 2.75) is 108 Å². The lowest BCUT2D eigenvalue weighted by atomic mass is 9.73. The molecule has 2 saturated carbocycles. The molecule has 0 spiro atoms. The largest absolute Gasteiger partial charge is 0.461 e. The Morgan fingerprint density at radius 3 is 2.29 bits per heavy atom. The first-order valence-corrected chi connectivity index (χ1v) is 14.8. The number of para-hydroxylation sites is 2. The summed E-state index contributed by atoms with van der Waals surface area (Å²) in [6.07, 6.45) is 15.1. The van der Waals surface area contributed by atoms with Crippen LogP contribution < -0.4 is 5.56 Å². The van der Waals surface area contributed by atoms with Gasteiger partial charge in [0, 0.05) is 24.2 Å². The van der Waals surface area contributed by atoms with E-state index in [1.165, 1.54) is 64.2 Å². The number of carbonyl (C=O) groups is 1. The highest BCUT2D eigenvalue weighted by Crippen LogP contribution is 2.47. The lowest BCUT2D eigenvalue weighted by Crippen LogP contribution is -2.58. The molecule has 4 fully saturated rings. The number of hydrogen-bond acceptors (Lipinski definition) is 7. The number of piperidine rings is 2. The fourth-order valence-electron chi connectivity index (χ4n) is 8.36. The van der Waals surface area contributed by atoms with Gasteiger partial charge in [0.05, 0.1) is 17.6 Å². The van der Waals surface area contributed by atoms with Crippen LogP contribution in [0.25, 0.3) is 11.0 Å². The number of esters is 1. The van der Waals surface area contributed by atoms with Crippen LogP contribution in [-0.2, 0) is 9.53 Å². The SMILES string of the molecule is CCOC(=O)C(=NO)c1nc2ccccc2n(C2CC3CCC[C@H](C2)N3C2CC3CCCCC(C3)C2)c1=O. The van der Waals surface area contributed by atoms with Crippen LogP contribution >= 0.6 is 0 Å². The number of aromatic nitrogens is 2. The van der Waals surface area contributed by atoms with Gasteiger partial charge in [0.1, 0.15) is 0 Å². The van der Waals surface area contributed by atoms with Gasteiger partial charge in [-0.25, -0.2) is 9.78 Å². The number of rotatable bonds is 5. The molecule has 2 aliphatic carbocycles. The van der Waals surface area contributed by atoms with Crippen LogP contribution in [0.15, 0.2) is 34.2 Å². The highest BCUT2D eigenvalue weighted by molar-refractivity contribution is 6.42. The Hall–Kier alpha value is -2.74. The van der Waals surface area contributed by atoms with Gasteiger partial charge in [-0.1, -0.05) is 49.4 Å². The van der Waals surface area contributed by atoms with E-state index in [1.807, 2.05) is 28.8 Å². The predicted octanol–water partition coefficient (Wildman–Crippen LogP) is 5.05. The third-order valence-corrected chi connectivity index (χ3v) is 9.73. The summed E-state index contributed by atoms with van der Waals surface area (Å²) in [6, 6.07) is 9.18. The molecule has 3 heterocycles. The number of oxime groups is 1. The van der Waals surface area contributed by atoms with Crippen LogP contribution in [-0.4, -0.2) is 56.1 Å². The Bertz CT molecular complexity index is 1240. The Morgan fingerprint density at radius 2 is 1.63 bits per heavy atom. The van der Waals surface area contributed by atoms with Crippen LogP contribution in [0, 0.1) is 11.8 Å².